The van der Waals surface area contributed by atoms with E-state index < -0.39 is 12.8 Å². The van der Waals surface area contributed by atoms with Crippen molar-refractivity contribution in [2.75, 3.05) is 0 Å². The molecule has 4 heteroatoms. The summed E-state index contributed by atoms with van der Waals surface area (Å²) in [5.74, 6) is 0.272. The minimum absolute atomic E-state index is 0.272. The molecule has 0 aromatic heterocycles. The molecular formula is C8H17O3P. The summed E-state index contributed by atoms with van der Waals surface area (Å²) in [7, 11) is -3.90. The van der Waals surface area contributed by atoms with Gasteiger partial charge in [-0.2, -0.15) is 0 Å². The molecule has 0 aromatic carbocycles. The summed E-state index contributed by atoms with van der Waals surface area (Å²) >= 11 is 0. The number of hydrogen-bond donors (Lipinski definition) is 2. The number of rotatable bonds is 4. The van der Waals surface area contributed by atoms with Crippen LogP contribution in [0.15, 0.2) is 0 Å². The van der Waals surface area contributed by atoms with Crippen molar-refractivity contribution in [3.8, 4) is 0 Å². The smallest absolute Gasteiger partial charge is 0.324 e. The third-order valence-electron chi connectivity index (χ3n) is 3.14. The third kappa shape index (κ3) is 1.46. The molecule has 0 amide bonds. The second-order valence-electron chi connectivity index (χ2n) is 3.63. The second kappa shape index (κ2) is 3.13. The van der Waals surface area contributed by atoms with Gasteiger partial charge in [0.1, 0.15) is 0 Å². The van der Waals surface area contributed by atoms with Gasteiger partial charge in [-0.1, -0.05) is 13.8 Å². The van der Waals surface area contributed by atoms with E-state index >= 15 is 0 Å². The van der Waals surface area contributed by atoms with Crippen molar-refractivity contribution in [3.63, 3.8) is 0 Å². The van der Waals surface area contributed by atoms with Crippen LogP contribution in [0.3, 0.4) is 0 Å². The van der Waals surface area contributed by atoms with Crippen LogP contribution in [-0.2, 0) is 4.57 Å². The number of hydrogen-bond acceptors (Lipinski definition) is 1. The zero-order valence-electron chi connectivity index (χ0n) is 7.66. The minimum Gasteiger partial charge on any atom is -0.324 e. The molecule has 0 heterocycles. The first-order valence-corrected chi connectivity index (χ1v) is 6.15. The Morgan fingerprint density at radius 3 is 1.83 bits per heavy atom. The van der Waals surface area contributed by atoms with Crippen LogP contribution < -0.4 is 0 Å². The molecule has 2 N–H and O–H groups in total. The Morgan fingerprint density at radius 1 is 1.33 bits per heavy atom. The lowest BCUT2D eigenvalue weighted by Crippen LogP contribution is -2.29. The molecule has 3 nitrogen and oxygen atoms in total. The maximum absolute atomic E-state index is 11.3. The molecule has 0 bridgehead atoms. The summed E-state index contributed by atoms with van der Waals surface area (Å²) in [4.78, 5) is 18.5. The van der Waals surface area contributed by atoms with Crippen LogP contribution >= 0.6 is 7.60 Å². The van der Waals surface area contributed by atoms with Crippen molar-refractivity contribution in [2.24, 2.45) is 5.92 Å². The molecule has 1 aliphatic rings. The monoisotopic (exact) mass is 192 g/mol. The summed E-state index contributed by atoms with van der Waals surface area (Å²) in [6, 6.07) is 0. The topological polar surface area (TPSA) is 57.5 Å². The van der Waals surface area contributed by atoms with Gasteiger partial charge in [-0.25, -0.2) is 0 Å². The van der Waals surface area contributed by atoms with E-state index in [9.17, 15) is 14.4 Å². The molecule has 0 unspecified atom stereocenters. The van der Waals surface area contributed by atoms with Gasteiger partial charge < -0.3 is 9.79 Å². The molecule has 0 spiro atoms. The highest BCUT2D eigenvalue weighted by molar-refractivity contribution is 7.53. The van der Waals surface area contributed by atoms with Gasteiger partial charge in [0.15, 0.2) is 0 Å². The molecule has 1 rings (SSSR count). The summed E-state index contributed by atoms with van der Waals surface area (Å²) < 4.78 is 11.3. The first-order chi connectivity index (χ1) is 5.48. The summed E-state index contributed by atoms with van der Waals surface area (Å²) in [6.07, 6.45) is 3.18. The fourth-order valence-corrected chi connectivity index (χ4v) is 3.66. The molecular weight excluding hydrogens is 175 g/mol. The molecule has 12 heavy (non-hydrogen) atoms. The van der Waals surface area contributed by atoms with Crippen molar-refractivity contribution >= 4 is 7.60 Å². The van der Waals surface area contributed by atoms with Crippen molar-refractivity contribution in [2.45, 2.75) is 44.7 Å². The maximum Gasteiger partial charge on any atom is 0.331 e. The van der Waals surface area contributed by atoms with Crippen molar-refractivity contribution in [1.82, 2.24) is 0 Å². The third-order valence-corrected chi connectivity index (χ3v) is 5.30. The largest absolute Gasteiger partial charge is 0.331 e. The predicted octanol–water partition coefficient (Wildman–Crippen LogP) is 2.13. The highest BCUT2D eigenvalue weighted by Crippen LogP contribution is 2.64. The van der Waals surface area contributed by atoms with Crippen LogP contribution in [-0.4, -0.2) is 14.9 Å². The first-order valence-electron chi connectivity index (χ1n) is 4.53. The Kier molecular flexibility index (Phi) is 2.67. The van der Waals surface area contributed by atoms with E-state index in [1.807, 2.05) is 13.8 Å². The standard InChI is InChI=1S/C8H17O3P/c1-3-8(4-2,7-5-6-7)12(9,10)11/h7H,3-6H2,1-2H3,(H2,9,10,11). The molecule has 0 radical (unpaired) electrons. The molecule has 72 valence electrons. The SMILES string of the molecule is CCC(CC)(C1CC1)P(=O)(O)O. The van der Waals surface area contributed by atoms with Crippen molar-refractivity contribution in [1.29, 1.82) is 0 Å². The van der Waals surface area contributed by atoms with Crippen molar-refractivity contribution < 1.29 is 14.4 Å². The lowest BCUT2D eigenvalue weighted by atomic mass is 9.96. The van der Waals surface area contributed by atoms with Crippen molar-refractivity contribution in [3.05, 3.63) is 0 Å². The second-order valence-corrected chi connectivity index (χ2v) is 5.61. The van der Waals surface area contributed by atoms with E-state index in [0.717, 1.165) is 12.8 Å². The summed E-state index contributed by atoms with van der Waals surface area (Å²) in [6.45, 7) is 3.75. The zero-order valence-corrected chi connectivity index (χ0v) is 8.55. The van der Waals surface area contributed by atoms with Crippen LogP contribution in [0.5, 0.6) is 0 Å². The van der Waals surface area contributed by atoms with Gasteiger partial charge in [0.25, 0.3) is 0 Å². The van der Waals surface area contributed by atoms with Crippen LogP contribution in [0.2, 0.25) is 0 Å². The van der Waals surface area contributed by atoms with E-state index in [1.54, 1.807) is 0 Å². The molecule has 1 saturated carbocycles. The summed E-state index contributed by atoms with van der Waals surface area (Å²) in [5, 5.41) is -0.701. The fraction of sp³-hybridized carbons (Fsp3) is 1.00. The molecule has 0 aliphatic heterocycles. The van der Waals surface area contributed by atoms with E-state index in [2.05, 4.69) is 0 Å². The van der Waals surface area contributed by atoms with Crippen LogP contribution in [0.25, 0.3) is 0 Å². The highest BCUT2D eigenvalue weighted by Gasteiger charge is 2.53. The maximum atomic E-state index is 11.3. The lowest BCUT2D eigenvalue weighted by Gasteiger charge is -2.32. The summed E-state index contributed by atoms with van der Waals surface area (Å²) in [5.41, 5.74) is 0. The average molecular weight is 192 g/mol. The van der Waals surface area contributed by atoms with E-state index in [-0.39, 0.29) is 5.92 Å². The van der Waals surface area contributed by atoms with Gasteiger partial charge in [-0.15, -0.1) is 0 Å². The molecule has 1 aliphatic carbocycles. The highest BCUT2D eigenvalue weighted by atomic mass is 31.2. The van der Waals surface area contributed by atoms with Crippen LogP contribution in [0.4, 0.5) is 0 Å². The van der Waals surface area contributed by atoms with Gasteiger partial charge >= 0.3 is 7.60 Å². The van der Waals surface area contributed by atoms with Crippen LogP contribution in [0, 0.1) is 5.92 Å². The van der Waals surface area contributed by atoms with E-state index in [4.69, 9.17) is 0 Å². The molecule has 0 saturated heterocycles. The lowest BCUT2D eigenvalue weighted by molar-refractivity contribution is 0.296. The quantitative estimate of drug-likeness (QED) is 0.671. The van der Waals surface area contributed by atoms with Gasteiger partial charge in [-0.05, 0) is 31.6 Å². The fourth-order valence-electron chi connectivity index (χ4n) is 2.10. The first kappa shape index (κ1) is 10.2. The van der Waals surface area contributed by atoms with E-state index in [0.29, 0.717) is 12.8 Å². The normalized spacial score (nSPS) is 19.7. The molecule has 0 aromatic rings. The minimum atomic E-state index is -3.90. The van der Waals surface area contributed by atoms with Gasteiger partial charge in [0, 0.05) is 0 Å². The zero-order chi connectivity index (χ0) is 9.41. The van der Waals surface area contributed by atoms with Crippen LogP contribution in [0.1, 0.15) is 39.5 Å². The Morgan fingerprint density at radius 2 is 1.75 bits per heavy atom. The average Bonchev–Trinajstić information content (AvgIpc) is 2.72. The molecule has 1 fully saturated rings. The van der Waals surface area contributed by atoms with Gasteiger partial charge in [0.05, 0.1) is 5.16 Å². The Hall–Kier alpha value is 0.150. The van der Waals surface area contributed by atoms with Gasteiger partial charge in [-0.3, -0.25) is 4.57 Å². The Balaban J connectivity index is 2.90. The van der Waals surface area contributed by atoms with Gasteiger partial charge in [0.2, 0.25) is 0 Å². The predicted molar refractivity (Wildman–Crippen MR) is 48.1 cm³/mol. The Bertz CT molecular complexity index is 200. The Labute approximate surface area is 73.3 Å². The van der Waals surface area contributed by atoms with E-state index in [1.165, 1.54) is 0 Å². The molecule has 0 atom stereocenters.